The number of aromatic nitrogens is 21. The second-order valence-corrected chi connectivity index (χ2v) is 38.8. The Morgan fingerprint density at radius 2 is 0.781 bits per heavy atom. The topological polar surface area (TPSA) is 471 Å². The molecule has 0 unspecified atom stereocenters. The van der Waals surface area contributed by atoms with Crippen molar-refractivity contribution >= 4 is 80.3 Å². The Morgan fingerprint density at radius 1 is 0.430 bits per heavy atom. The largest absolute Gasteiger partial charge is 0.481 e. The van der Waals surface area contributed by atoms with Crippen molar-refractivity contribution in [3.05, 3.63) is 201 Å². The van der Waals surface area contributed by atoms with Crippen molar-refractivity contribution in [1.29, 1.82) is 15.8 Å². The number of hydrogen-bond acceptors (Lipinski definition) is 33. The van der Waals surface area contributed by atoms with E-state index in [9.17, 15) is 38.6 Å². The first-order chi connectivity index (χ1) is 62.1. The van der Waals surface area contributed by atoms with E-state index in [4.69, 9.17) is 39.1 Å². The molecule has 0 aliphatic carbocycles. The van der Waals surface area contributed by atoms with Gasteiger partial charge < -0.3 is 44.4 Å². The van der Waals surface area contributed by atoms with Gasteiger partial charge in [0, 0.05) is 163 Å². The first kappa shape index (κ1) is 85.6. The summed E-state index contributed by atoms with van der Waals surface area (Å²) in [7, 11) is -2.59. The van der Waals surface area contributed by atoms with Crippen LogP contribution in [-0.4, -0.2) is 246 Å². The minimum absolute atomic E-state index is 0.0232. The lowest BCUT2D eigenvalue weighted by atomic mass is 10.1. The zero-order valence-electron chi connectivity index (χ0n) is 70.3. The summed E-state index contributed by atoms with van der Waals surface area (Å²) in [5.74, 6) is 6.27. The third-order valence-electron chi connectivity index (χ3n) is 21.9. The summed E-state index contributed by atoms with van der Waals surface area (Å²) in [6.07, 6.45) is 32.8. The van der Waals surface area contributed by atoms with E-state index in [0.717, 1.165) is 76.8 Å². The monoisotopic (exact) mass is 1780 g/mol. The van der Waals surface area contributed by atoms with Crippen molar-refractivity contribution in [1.82, 2.24) is 108 Å². The summed E-state index contributed by atoms with van der Waals surface area (Å²) in [4.78, 5) is 47.6. The number of nitrogens with one attached hydrogen (secondary N) is 1. The third-order valence-corrected chi connectivity index (χ3v) is 28.4. The molecule has 42 heteroatoms. The van der Waals surface area contributed by atoms with E-state index in [-0.39, 0.29) is 6.61 Å². The molecule has 0 amide bonds. The van der Waals surface area contributed by atoms with E-state index in [1.165, 1.54) is 12.4 Å². The fourth-order valence-electron chi connectivity index (χ4n) is 15.2. The third kappa shape index (κ3) is 19.1. The maximum absolute atomic E-state index is 13.4. The number of anilines is 3. The fraction of sp³-hybridized carbons (Fsp3) is 0.302. The fourth-order valence-corrected chi connectivity index (χ4v) is 20.9. The molecule has 39 nitrogen and oxygen atoms in total. The lowest BCUT2D eigenvalue weighted by molar-refractivity contribution is 0.0577. The molecule has 19 rings (SSSR count). The Balaban J connectivity index is 0.000000135. The van der Waals surface area contributed by atoms with Crippen LogP contribution in [0.25, 0.3) is 84.1 Å². The molecule has 0 radical (unpaired) electrons. The molecule has 3 N–H and O–H groups in total. The molecule has 4 fully saturated rings. The molecule has 4 aliphatic rings. The van der Waals surface area contributed by atoms with Gasteiger partial charge in [-0.3, -0.25) is 14.0 Å². The zero-order valence-corrected chi connectivity index (χ0v) is 72.8. The lowest BCUT2D eigenvalue weighted by Gasteiger charge is -2.29. The van der Waals surface area contributed by atoms with Crippen molar-refractivity contribution in [2.24, 2.45) is 13.1 Å². The normalized spacial score (nSPS) is 15.5. The molecular formula is C86H87N31O8S3. The molecule has 0 spiro atoms. The molecule has 0 saturated carbocycles. The Hall–Kier alpha value is -14.6. The van der Waals surface area contributed by atoms with Gasteiger partial charge in [0.25, 0.3) is 0 Å². The van der Waals surface area contributed by atoms with Crippen LogP contribution in [0.3, 0.4) is 0 Å². The number of pyridine rings is 6. The molecule has 0 atom stereocenters. The Bertz CT molecular complexity index is 7070. The van der Waals surface area contributed by atoms with Gasteiger partial charge in [-0.15, -0.1) is 0 Å². The van der Waals surface area contributed by atoms with Crippen LogP contribution in [0, 0.1) is 34.0 Å². The van der Waals surface area contributed by atoms with E-state index in [1.54, 1.807) is 169 Å². The molecule has 0 aromatic carbocycles. The number of nitrogens with zero attached hydrogens (tertiary/aromatic N) is 30. The Morgan fingerprint density at radius 3 is 1.10 bits per heavy atom. The van der Waals surface area contributed by atoms with E-state index in [0.29, 0.717) is 195 Å². The van der Waals surface area contributed by atoms with Gasteiger partial charge in [-0.05, 0) is 94.4 Å². The maximum atomic E-state index is 13.4. The first-order valence-electron chi connectivity index (χ1n) is 40.9. The second-order valence-electron chi connectivity index (χ2n) is 31.1. The smallest absolute Gasteiger partial charge is 0.213 e. The highest BCUT2D eigenvalue weighted by Gasteiger charge is 2.29. The van der Waals surface area contributed by atoms with Crippen molar-refractivity contribution in [2.75, 3.05) is 130 Å². The van der Waals surface area contributed by atoms with Crippen LogP contribution in [0.5, 0.6) is 17.6 Å². The predicted molar refractivity (Wildman–Crippen MR) is 480 cm³/mol. The molecule has 0 bridgehead atoms. The number of aliphatic hydroxyl groups excluding tert-OH is 1. The highest BCUT2D eigenvalue weighted by Crippen LogP contribution is 2.36. The maximum Gasteiger partial charge on any atom is 0.213 e. The average molecular weight is 1780 g/mol. The molecule has 4 aliphatic heterocycles. The lowest BCUT2D eigenvalue weighted by Crippen LogP contribution is -2.40. The molecule has 15 aromatic rings. The van der Waals surface area contributed by atoms with Gasteiger partial charge in [0.05, 0.1) is 207 Å². The quantitative estimate of drug-likeness (QED) is 0.0639. The van der Waals surface area contributed by atoms with E-state index in [1.807, 2.05) is 65.9 Å². The molecule has 19 heterocycles. The number of piperidine rings is 1. The van der Waals surface area contributed by atoms with Crippen molar-refractivity contribution in [3.63, 3.8) is 0 Å². The summed E-state index contributed by atoms with van der Waals surface area (Å²) in [6, 6.07) is 28.9. The SMILES string of the molecule is COc1ccc(N=S2(=O)CCN(c3ccc(-c4nc(-c5cnn(C6CCNCC6)c5)cn5ncc(C#N)c45)cn3)CC2)cn1.COc1ccc(N=S2(=O)CCN(c3ccc(-c4nc(-c5cnn(CC(C)(C)O)c5)cn5ncc(C#N)c45)cn3)CC2)cn1.COc1ccc(N=S2(=O)CCN(c3ccc(-c4nc(-c5cnn(CCO)c5)cn5ncc(C#N)c45)cn3)CC2)cn1. The van der Waals surface area contributed by atoms with Gasteiger partial charge in [-0.1, -0.05) is 0 Å². The minimum Gasteiger partial charge on any atom is -0.481 e. The van der Waals surface area contributed by atoms with Gasteiger partial charge >= 0.3 is 0 Å². The highest BCUT2D eigenvalue weighted by atomic mass is 32.2. The van der Waals surface area contributed by atoms with Crippen molar-refractivity contribution < 1.29 is 37.1 Å². The molecule has 128 heavy (non-hydrogen) atoms. The van der Waals surface area contributed by atoms with E-state index >= 15 is 0 Å². The number of hydrogen-bond donors (Lipinski definition) is 3. The highest BCUT2D eigenvalue weighted by molar-refractivity contribution is 7.94. The standard InChI is InChI=1S/C30H31N11O2S.C29H30N10O3S.C27H26N10O3S/c1-43-28-5-3-24(18-34-28)38-44(42)12-10-39(11-13-44)27-4-2-21(15-33-27)29-30-22(14-31)16-36-41(30)20-26(37-29)23-17-35-40(19-23)25-6-8-32-9-7-25;1-29(2,40)19-38-17-22(15-33-38)24-18-39-28(21(12-30)14-34-39)27(35-24)20-4-6-25(31-13-20)37-8-10-43(41,11-9-37)36-23-5-7-26(42-3)32-16-23;1-40-25-5-3-22(16-30-25)34-41(39)10-7-35(8-11-41)24-4-2-19(13-29-24)26-27-20(12-28)14-32-37(27)18-23(33-26)21-15-31-36(17-21)6-9-38/h2-5,15-20,25,32H,6-13H2,1H3;4-7,13-18,40H,8-11,19H2,1-3H3;2-5,13-18,38H,6-11H2,1H3. The first-order valence-corrected chi connectivity index (χ1v) is 46.5. The summed E-state index contributed by atoms with van der Waals surface area (Å²) in [5.41, 5.74) is 12.2. The van der Waals surface area contributed by atoms with Crippen LogP contribution in [-0.2, 0) is 42.3 Å². The summed E-state index contributed by atoms with van der Waals surface area (Å²) < 4.78 is 79.2. The van der Waals surface area contributed by atoms with Crippen LogP contribution in [0.2, 0.25) is 0 Å². The number of rotatable bonds is 20. The van der Waals surface area contributed by atoms with Gasteiger partial charge in [0.1, 0.15) is 68.9 Å². The van der Waals surface area contributed by atoms with Crippen LogP contribution < -0.4 is 34.2 Å². The van der Waals surface area contributed by atoms with Crippen LogP contribution in [0.4, 0.5) is 34.5 Å². The predicted octanol–water partition coefficient (Wildman–Crippen LogP) is 9.34. The second kappa shape index (κ2) is 36.9. The van der Waals surface area contributed by atoms with E-state index < -0.39 is 34.8 Å². The van der Waals surface area contributed by atoms with Gasteiger partial charge in [0.15, 0.2) is 0 Å². The number of nitriles is 3. The molecule has 15 aromatic heterocycles. The molecule has 4 saturated heterocycles. The van der Waals surface area contributed by atoms with Crippen LogP contribution in [0.15, 0.2) is 197 Å². The van der Waals surface area contributed by atoms with Crippen molar-refractivity contribution in [2.45, 2.75) is 51.4 Å². The Labute approximate surface area is 735 Å². The number of ether oxygens (including phenoxy) is 3. The molecular weight excluding hydrogens is 1690 g/mol. The van der Waals surface area contributed by atoms with E-state index in [2.05, 4.69) is 102 Å². The zero-order chi connectivity index (χ0) is 88.7. The summed E-state index contributed by atoms with van der Waals surface area (Å²) >= 11 is 0. The van der Waals surface area contributed by atoms with Crippen LogP contribution in [0.1, 0.15) is 49.4 Å². The number of methoxy groups -OCH3 is 3. The number of aliphatic hydroxyl groups is 2. The van der Waals surface area contributed by atoms with Crippen molar-refractivity contribution in [3.8, 4) is 103 Å². The number of fused-ring (bicyclic) bond motifs is 3. The minimum atomic E-state index is -2.42. The van der Waals surface area contributed by atoms with Gasteiger partial charge in [0.2, 0.25) is 17.6 Å². The van der Waals surface area contributed by atoms with Crippen LogP contribution >= 0.6 is 0 Å². The Kier molecular flexibility index (Phi) is 24.7. The average Bonchev–Trinajstić information content (AvgIpc) is 1.60. The molecule has 652 valence electrons. The van der Waals surface area contributed by atoms with Gasteiger partial charge in [-0.25, -0.2) is 71.0 Å². The van der Waals surface area contributed by atoms with Gasteiger partial charge in [-0.2, -0.15) is 59.5 Å². The summed E-state index contributed by atoms with van der Waals surface area (Å²) in [6.45, 7) is 9.41. The summed E-state index contributed by atoms with van der Waals surface area (Å²) in [5, 5.41) is 78.5.